The van der Waals surface area contributed by atoms with Gasteiger partial charge in [-0.3, -0.25) is 9.48 Å². The molecule has 0 radical (unpaired) electrons. The molecule has 5 heteroatoms. The maximum absolute atomic E-state index is 13.3. The molecule has 0 saturated heterocycles. The van der Waals surface area contributed by atoms with E-state index in [4.69, 9.17) is 0 Å². The van der Waals surface area contributed by atoms with Gasteiger partial charge in [0, 0.05) is 18.8 Å². The zero-order valence-corrected chi connectivity index (χ0v) is 9.60. The highest BCUT2D eigenvalue weighted by atomic mass is 19.1. The van der Waals surface area contributed by atoms with Crippen LogP contribution in [0.2, 0.25) is 0 Å². The standard InChI is InChI=1S/C13H10F2N2O/c1-17-8-10(7-16-17)13(18)5-2-9-6-11(14)3-4-12(9)15/h2-8H,1H3/b5-2+. The van der Waals surface area contributed by atoms with E-state index in [1.807, 2.05) is 0 Å². The molecular formula is C13H10F2N2O. The van der Waals surface area contributed by atoms with E-state index in [0.29, 0.717) is 5.56 Å². The summed E-state index contributed by atoms with van der Waals surface area (Å²) in [6.07, 6.45) is 5.39. The molecule has 92 valence electrons. The Morgan fingerprint density at radius 1 is 1.39 bits per heavy atom. The fourth-order valence-electron chi connectivity index (χ4n) is 1.45. The molecule has 1 aromatic carbocycles. The van der Waals surface area contributed by atoms with Crippen LogP contribution in [0, 0.1) is 11.6 Å². The lowest BCUT2D eigenvalue weighted by atomic mass is 10.1. The number of aromatic nitrogens is 2. The van der Waals surface area contributed by atoms with Crippen molar-refractivity contribution in [1.29, 1.82) is 0 Å². The average Bonchev–Trinajstić information content (AvgIpc) is 2.77. The van der Waals surface area contributed by atoms with Crippen molar-refractivity contribution in [2.45, 2.75) is 0 Å². The Bertz CT molecular complexity index is 617. The predicted molar refractivity (Wildman–Crippen MR) is 62.9 cm³/mol. The first-order chi connectivity index (χ1) is 8.56. The maximum Gasteiger partial charge on any atom is 0.189 e. The van der Waals surface area contributed by atoms with Crippen molar-refractivity contribution in [2.75, 3.05) is 0 Å². The van der Waals surface area contributed by atoms with Gasteiger partial charge in [-0.2, -0.15) is 5.10 Å². The summed E-state index contributed by atoms with van der Waals surface area (Å²) in [7, 11) is 1.69. The van der Waals surface area contributed by atoms with Gasteiger partial charge in [-0.25, -0.2) is 8.78 Å². The van der Waals surface area contributed by atoms with E-state index >= 15 is 0 Å². The Kier molecular flexibility index (Phi) is 3.32. The van der Waals surface area contributed by atoms with Crippen LogP contribution in [-0.2, 0) is 7.05 Å². The molecule has 1 aromatic heterocycles. The molecule has 0 aliphatic rings. The molecule has 0 N–H and O–H groups in total. The van der Waals surface area contributed by atoms with Crippen molar-refractivity contribution in [3.63, 3.8) is 0 Å². The van der Waals surface area contributed by atoms with Gasteiger partial charge in [-0.05, 0) is 30.4 Å². The van der Waals surface area contributed by atoms with Crippen LogP contribution in [0.25, 0.3) is 6.08 Å². The van der Waals surface area contributed by atoms with Gasteiger partial charge < -0.3 is 0 Å². The van der Waals surface area contributed by atoms with Crippen LogP contribution in [0.4, 0.5) is 8.78 Å². The largest absolute Gasteiger partial charge is 0.289 e. The van der Waals surface area contributed by atoms with Gasteiger partial charge in [0.25, 0.3) is 0 Å². The minimum absolute atomic E-state index is 0.0345. The third-order valence-electron chi connectivity index (χ3n) is 2.36. The molecule has 18 heavy (non-hydrogen) atoms. The van der Waals surface area contributed by atoms with Crippen LogP contribution in [-0.4, -0.2) is 15.6 Å². The van der Waals surface area contributed by atoms with Gasteiger partial charge in [0.05, 0.1) is 11.8 Å². The molecule has 0 amide bonds. The number of carbonyl (C=O) groups excluding carboxylic acids is 1. The third-order valence-corrected chi connectivity index (χ3v) is 2.36. The highest BCUT2D eigenvalue weighted by Gasteiger charge is 2.05. The van der Waals surface area contributed by atoms with Gasteiger partial charge in [-0.1, -0.05) is 0 Å². The van der Waals surface area contributed by atoms with Crippen molar-refractivity contribution in [1.82, 2.24) is 9.78 Å². The van der Waals surface area contributed by atoms with E-state index in [9.17, 15) is 13.6 Å². The average molecular weight is 248 g/mol. The van der Waals surface area contributed by atoms with Gasteiger partial charge in [0.2, 0.25) is 0 Å². The van der Waals surface area contributed by atoms with Gasteiger partial charge in [0.1, 0.15) is 11.6 Å². The quantitative estimate of drug-likeness (QED) is 0.618. The van der Waals surface area contributed by atoms with Gasteiger partial charge in [0.15, 0.2) is 5.78 Å². The third kappa shape index (κ3) is 2.68. The summed E-state index contributed by atoms with van der Waals surface area (Å²) < 4.78 is 27.7. The molecule has 3 nitrogen and oxygen atoms in total. The number of allylic oxidation sites excluding steroid dienone is 1. The second kappa shape index (κ2) is 4.91. The first-order valence-corrected chi connectivity index (χ1v) is 5.22. The Hall–Kier alpha value is -2.30. The lowest BCUT2D eigenvalue weighted by Gasteiger charge is -1.96. The highest BCUT2D eigenvalue weighted by Crippen LogP contribution is 2.12. The summed E-state index contributed by atoms with van der Waals surface area (Å²) in [5.74, 6) is -1.44. The van der Waals surface area contributed by atoms with E-state index in [-0.39, 0.29) is 11.3 Å². The number of hydrogen-bond donors (Lipinski definition) is 0. The van der Waals surface area contributed by atoms with E-state index < -0.39 is 11.6 Å². The molecule has 1 heterocycles. The van der Waals surface area contributed by atoms with Crippen LogP contribution in [0.15, 0.2) is 36.7 Å². The van der Waals surface area contributed by atoms with Crippen molar-refractivity contribution < 1.29 is 13.6 Å². The minimum Gasteiger partial charge on any atom is -0.289 e. The normalized spacial score (nSPS) is 11.1. The van der Waals surface area contributed by atoms with Gasteiger partial charge in [-0.15, -0.1) is 0 Å². The molecule has 0 bridgehead atoms. The molecule has 2 aromatic rings. The first kappa shape index (κ1) is 12.2. The number of hydrogen-bond acceptors (Lipinski definition) is 2. The van der Waals surface area contributed by atoms with Crippen LogP contribution in [0.5, 0.6) is 0 Å². The second-order valence-corrected chi connectivity index (χ2v) is 3.77. The van der Waals surface area contributed by atoms with Crippen LogP contribution >= 0.6 is 0 Å². The van der Waals surface area contributed by atoms with Crippen molar-refractivity contribution >= 4 is 11.9 Å². The SMILES string of the molecule is Cn1cc(C(=O)/C=C/c2cc(F)ccc2F)cn1. The Labute approximate surface area is 102 Å². The molecule has 0 aliphatic heterocycles. The number of aryl methyl sites for hydroxylation is 1. The monoisotopic (exact) mass is 248 g/mol. The summed E-state index contributed by atoms with van der Waals surface area (Å²) in [5.41, 5.74) is 0.429. The minimum atomic E-state index is -0.577. The predicted octanol–water partition coefficient (Wildman–Crippen LogP) is 2.59. The zero-order valence-electron chi connectivity index (χ0n) is 9.60. The Morgan fingerprint density at radius 2 is 2.17 bits per heavy atom. The van der Waals surface area contributed by atoms with Crippen LogP contribution in [0.3, 0.4) is 0 Å². The summed E-state index contributed by atoms with van der Waals surface area (Å²) >= 11 is 0. The molecule has 2 rings (SSSR count). The van der Waals surface area contributed by atoms with E-state index in [0.717, 1.165) is 18.2 Å². The number of rotatable bonds is 3. The number of benzene rings is 1. The number of ketones is 1. The van der Waals surface area contributed by atoms with E-state index in [2.05, 4.69) is 5.10 Å². The first-order valence-electron chi connectivity index (χ1n) is 5.22. The Balaban J connectivity index is 2.20. The fraction of sp³-hybridized carbons (Fsp3) is 0.0769. The number of halogens is 2. The van der Waals surface area contributed by atoms with Crippen LogP contribution < -0.4 is 0 Å². The van der Waals surface area contributed by atoms with Crippen molar-refractivity contribution in [2.24, 2.45) is 7.05 Å². The lowest BCUT2D eigenvalue weighted by Crippen LogP contribution is -1.92. The summed E-state index contributed by atoms with van der Waals surface area (Å²) in [4.78, 5) is 11.7. The number of carbonyl (C=O) groups is 1. The highest BCUT2D eigenvalue weighted by molar-refractivity contribution is 6.06. The second-order valence-electron chi connectivity index (χ2n) is 3.77. The topological polar surface area (TPSA) is 34.9 Å². The summed E-state index contributed by atoms with van der Waals surface area (Å²) in [6.45, 7) is 0. The zero-order chi connectivity index (χ0) is 13.1. The van der Waals surface area contributed by atoms with E-state index in [1.165, 1.54) is 23.0 Å². The lowest BCUT2D eigenvalue weighted by molar-refractivity contribution is 0.104. The molecule has 0 unspecified atom stereocenters. The number of nitrogens with zero attached hydrogens (tertiary/aromatic N) is 2. The van der Waals surface area contributed by atoms with Crippen molar-refractivity contribution in [3.05, 3.63) is 59.4 Å². The van der Waals surface area contributed by atoms with Crippen molar-refractivity contribution in [3.8, 4) is 0 Å². The Morgan fingerprint density at radius 3 is 2.83 bits per heavy atom. The summed E-state index contributed by atoms with van der Waals surface area (Å²) in [5, 5.41) is 3.85. The smallest absolute Gasteiger partial charge is 0.189 e. The van der Waals surface area contributed by atoms with Gasteiger partial charge >= 0.3 is 0 Å². The molecular weight excluding hydrogens is 238 g/mol. The summed E-state index contributed by atoms with van der Waals surface area (Å²) in [6, 6.07) is 3.07. The molecule has 0 saturated carbocycles. The van der Waals surface area contributed by atoms with Crippen LogP contribution in [0.1, 0.15) is 15.9 Å². The van der Waals surface area contributed by atoms with E-state index in [1.54, 1.807) is 13.2 Å². The fourth-order valence-corrected chi connectivity index (χ4v) is 1.45. The molecule has 0 spiro atoms. The molecule has 0 aliphatic carbocycles. The molecule has 0 fully saturated rings. The maximum atomic E-state index is 13.3. The molecule has 0 atom stereocenters.